The third kappa shape index (κ3) is 2.35. The third-order valence-electron chi connectivity index (χ3n) is 2.82. The van der Waals surface area contributed by atoms with E-state index in [1.54, 1.807) is 11.8 Å². The molecular weight excluding hydrogens is 313 g/mol. The van der Waals surface area contributed by atoms with Gasteiger partial charge in [0.15, 0.2) is 0 Å². The lowest BCUT2D eigenvalue weighted by molar-refractivity contribution is 0.598. The maximum atomic E-state index is 13.8. The number of thioether (sulfide) groups is 1. The summed E-state index contributed by atoms with van der Waals surface area (Å²) in [5.74, 6) is -0.359. The van der Waals surface area contributed by atoms with Gasteiger partial charge >= 0.3 is 0 Å². The average Bonchev–Trinajstić information content (AvgIpc) is 2.82. The van der Waals surface area contributed by atoms with Crippen LogP contribution in [-0.2, 0) is 0 Å². The van der Waals surface area contributed by atoms with Crippen LogP contribution in [-0.4, -0.2) is 17.1 Å². The molecule has 1 aromatic rings. The van der Waals surface area contributed by atoms with Gasteiger partial charge in [0.05, 0.1) is 10.5 Å². The molecule has 0 radical (unpaired) electrons. The minimum Gasteiger partial charge on any atom is -0.444 e. The van der Waals surface area contributed by atoms with Gasteiger partial charge in [-0.1, -0.05) is 23.1 Å². The molecule has 0 aromatic heterocycles. The highest BCUT2D eigenvalue weighted by Crippen LogP contribution is 2.42. The van der Waals surface area contributed by atoms with Crippen LogP contribution in [0, 0.1) is 11.6 Å². The lowest BCUT2D eigenvalue weighted by Crippen LogP contribution is -2.15. The number of alkyl halides is 1. The fourth-order valence-corrected chi connectivity index (χ4v) is 3.51. The number of allylic oxidation sites excluding steroid dienone is 1. The normalized spacial score (nSPS) is 22.1. The van der Waals surface area contributed by atoms with E-state index in [2.05, 4.69) is 10.3 Å². The lowest BCUT2D eigenvalue weighted by atomic mass is 10.1. The summed E-state index contributed by atoms with van der Waals surface area (Å²) in [6.45, 7) is 0. The third-order valence-corrected chi connectivity index (χ3v) is 4.74. The van der Waals surface area contributed by atoms with Crippen molar-refractivity contribution >= 4 is 40.8 Å². The molecule has 100 valence electrons. The van der Waals surface area contributed by atoms with Crippen molar-refractivity contribution in [3.63, 3.8) is 0 Å². The number of aliphatic imine (C=N–C) groups is 1. The van der Waals surface area contributed by atoms with E-state index < -0.39 is 17.1 Å². The Morgan fingerprint density at radius 2 is 2.11 bits per heavy atom. The van der Waals surface area contributed by atoms with Gasteiger partial charge in [-0.15, -0.1) is 23.4 Å². The zero-order chi connectivity index (χ0) is 13.6. The number of benzene rings is 1. The monoisotopic (exact) mass is 319 g/mol. The molecule has 7 heteroatoms. The fourth-order valence-electron chi connectivity index (χ4n) is 1.93. The van der Waals surface area contributed by atoms with Crippen molar-refractivity contribution in [2.45, 2.75) is 11.9 Å². The molecule has 0 aliphatic carbocycles. The topological polar surface area (TPSA) is 26.5 Å². The second kappa shape index (κ2) is 4.96. The van der Waals surface area contributed by atoms with Crippen LogP contribution in [0.3, 0.4) is 0 Å². The molecule has 0 spiro atoms. The predicted octanol–water partition coefficient (Wildman–Crippen LogP) is 4.67. The number of rotatable bonds is 1. The van der Waals surface area contributed by atoms with Gasteiger partial charge in [0.2, 0.25) is 0 Å². The van der Waals surface area contributed by atoms with Crippen molar-refractivity contribution in [2.24, 2.45) is 4.99 Å². The lowest BCUT2D eigenvalue weighted by Gasteiger charge is -2.31. The molecule has 2 heterocycles. The van der Waals surface area contributed by atoms with E-state index in [0.29, 0.717) is 0 Å². The quantitative estimate of drug-likeness (QED) is 0.420. The molecule has 0 saturated carbocycles. The molecule has 0 amide bonds. The van der Waals surface area contributed by atoms with Gasteiger partial charge in [-0.25, -0.2) is 8.78 Å². The SMILES string of the molecule is Fc1cc(C2=NC3=C(SCC3)C(Cl)[N-]2)c(F)cc1Cl. The largest absolute Gasteiger partial charge is 0.444 e. The number of hydrogen-bond donors (Lipinski definition) is 0. The minimum atomic E-state index is -0.706. The van der Waals surface area contributed by atoms with Crippen molar-refractivity contribution in [1.29, 1.82) is 0 Å². The summed E-state index contributed by atoms with van der Waals surface area (Å²) in [5.41, 5.74) is 0.217. The molecule has 0 fully saturated rings. The van der Waals surface area contributed by atoms with Gasteiger partial charge < -0.3 is 10.3 Å². The van der Waals surface area contributed by atoms with E-state index >= 15 is 0 Å². The van der Waals surface area contributed by atoms with Crippen molar-refractivity contribution in [2.75, 3.05) is 5.75 Å². The highest BCUT2D eigenvalue weighted by molar-refractivity contribution is 8.03. The van der Waals surface area contributed by atoms with Crippen LogP contribution in [0.2, 0.25) is 5.02 Å². The Morgan fingerprint density at radius 3 is 2.89 bits per heavy atom. The Morgan fingerprint density at radius 1 is 1.32 bits per heavy atom. The summed E-state index contributed by atoms with van der Waals surface area (Å²) >= 11 is 13.2. The van der Waals surface area contributed by atoms with Gasteiger partial charge in [0.25, 0.3) is 0 Å². The van der Waals surface area contributed by atoms with E-state index in [4.69, 9.17) is 23.2 Å². The van der Waals surface area contributed by atoms with E-state index in [1.165, 1.54) is 0 Å². The first-order chi connectivity index (χ1) is 9.06. The highest BCUT2D eigenvalue weighted by atomic mass is 35.5. The second-order valence-corrected chi connectivity index (χ2v) is 6.01. The minimum absolute atomic E-state index is 0.0176. The molecule has 1 unspecified atom stereocenters. The predicted molar refractivity (Wildman–Crippen MR) is 75.0 cm³/mol. The smallest absolute Gasteiger partial charge is 0.142 e. The van der Waals surface area contributed by atoms with Crippen LogP contribution in [0.5, 0.6) is 0 Å². The summed E-state index contributed by atoms with van der Waals surface area (Å²) in [5, 5.41) is 3.85. The summed E-state index contributed by atoms with van der Waals surface area (Å²) in [4.78, 5) is 5.17. The van der Waals surface area contributed by atoms with Gasteiger partial charge in [-0.2, -0.15) is 0 Å². The number of amidine groups is 1. The Kier molecular flexibility index (Phi) is 3.45. The van der Waals surface area contributed by atoms with Crippen LogP contribution in [0.25, 0.3) is 5.32 Å². The van der Waals surface area contributed by atoms with Gasteiger partial charge in [-0.3, -0.25) is 0 Å². The fraction of sp³-hybridized carbons (Fsp3) is 0.250. The zero-order valence-electron chi connectivity index (χ0n) is 9.46. The van der Waals surface area contributed by atoms with E-state index in [1.807, 2.05) is 0 Å². The summed E-state index contributed by atoms with van der Waals surface area (Å²) in [6.07, 6.45) is 0.764. The van der Waals surface area contributed by atoms with Crippen molar-refractivity contribution in [3.8, 4) is 0 Å². The molecule has 19 heavy (non-hydrogen) atoms. The van der Waals surface area contributed by atoms with Crippen LogP contribution >= 0.6 is 35.0 Å². The molecule has 2 aliphatic rings. The van der Waals surface area contributed by atoms with Crippen LogP contribution in [0.4, 0.5) is 8.78 Å². The van der Waals surface area contributed by atoms with Crippen LogP contribution in [0.15, 0.2) is 27.7 Å². The Balaban J connectivity index is 2.06. The Labute approximate surface area is 122 Å². The van der Waals surface area contributed by atoms with Crippen molar-refractivity contribution in [3.05, 3.63) is 50.3 Å². The van der Waals surface area contributed by atoms with Crippen LogP contribution < -0.4 is 0 Å². The highest BCUT2D eigenvalue weighted by Gasteiger charge is 2.22. The molecule has 3 rings (SSSR count). The molecule has 2 aliphatic heterocycles. The maximum absolute atomic E-state index is 13.8. The van der Waals surface area contributed by atoms with Crippen molar-refractivity contribution in [1.82, 2.24) is 0 Å². The number of nitrogens with zero attached hydrogens (tertiary/aromatic N) is 2. The number of hydrogen-bond acceptors (Lipinski definition) is 2. The average molecular weight is 320 g/mol. The Bertz CT molecular complexity index is 616. The molecule has 2 nitrogen and oxygen atoms in total. The first kappa shape index (κ1) is 13.2. The van der Waals surface area contributed by atoms with Gasteiger partial charge in [0, 0.05) is 16.2 Å². The van der Waals surface area contributed by atoms with Gasteiger partial charge in [0.1, 0.15) is 11.6 Å². The molecule has 1 atom stereocenters. The molecular formula is C12H7Cl2F2N2S-. The first-order valence-corrected chi connectivity index (χ1v) is 7.30. The summed E-state index contributed by atoms with van der Waals surface area (Å²) in [6, 6.07) is 1.91. The van der Waals surface area contributed by atoms with E-state index in [9.17, 15) is 8.78 Å². The van der Waals surface area contributed by atoms with Gasteiger partial charge in [-0.05, 0) is 18.6 Å². The first-order valence-electron chi connectivity index (χ1n) is 5.50. The molecule has 0 N–H and O–H groups in total. The second-order valence-electron chi connectivity index (χ2n) is 4.06. The van der Waals surface area contributed by atoms with E-state index in [-0.39, 0.29) is 16.4 Å². The zero-order valence-corrected chi connectivity index (χ0v) is 11.8. The van der Waals surface area contributed by atoms with E-state index in [0.717, 1.165) is 34.9 Å². The summed E-state index contributed by atoms with van der Waals surface area (Å²) in [7, 11) is 0. The Hall–Kier alpha value is -0.780. The maximum Gasteiger partial charge on any atom is 0.142 e. The molecule has 0 bridgehead atoms. The molecule has 1 aromatic carbocycles. The van der Waals surface area contributed by atoms with Crippen molar-refractivity contribution < 1.29 is 8.78 Å². The van der Waals surface area contributed by atoms with Crippen LogP contribution in [0.1, 0.15) is 12.0 Å². The standard InChI is InChI=1S/C12H7Cl2F2N2S/c13-6-4-7(15)5(3-8(6)16)12-17-9-1-2-19-10(9)11(14)18-12/h3-4,11H,1-2H2/q-1. The number of halogens is 4. The molecule has 0 saturated heterocycles. The summed E-state index contributed by atoms with van der Waals surface area (Å²) < 4.78 is 27.3.